The van der Waals surface area contributed by atoms with Crippen molar-refractivity contribution in [2.24, 2.45) is 0 Å². The number of nitriles is 1. The topological polar surface area (TPSA) is 88.1 Å². The Morgan fingerprint density at radius 3 is 2.96 bits per heavy atom. The van der Waals surface area contributed by atoms with E-state index in [1.54, 1.807) is 54.7 Å². The standard InChI is InChI=1S/C18H13N3O3/c19-11-13-4-3-5-15(10-13)24-12-14-7-9-23-17(14)18(22)21-16-6-1-2-8-20-16/h1-10H,12H2,(H,20,21,22). The number of amides is 1. The van der Waals surface area contributed by atoms with Gasteiger partial charge in [0.2, 0.25) is 0 Å². The van der Waals surface area contributed by atoms with E-state index in [2.05, 4.69) is 10.3 Å². The minimum absolute atomic E-state index is 0.149. The zero-order chi connectivity index (χ0) is 16.8. The van der Waals surface area contributed by atoms with Crippen molar-refractivity contribution in [3.63, 3.8) is 0 Å². The molecule has 0 fully saturated rings. The molecule has 0 bridgehead atoms. The van der Waals surface area contributed by atoms with Gasteiger partial charge in [-0.25, -0.2) is 4.98 Å². The monoisotopic (exact) mass is 319 g/mol. The van der Waals surface area contributed by atoms with Crippen LogP contribution in [0.3, 0.4) is 0 Å². The zero-order valence-electron chi connectivity index (χ0n) is 12.6. The Kier molecular flexibility index (Phi) is 4.54. The van der Waals surface area contributed by atoms with Crippen molar-refractivity contribution < 1.29 is 13.9 Å². The van der Waals surface area contributed by atoms with Gasteiger partial charge in [-0.3, -0.25) is 4.79 Å². The van der Waals surface area contributed by atoms with Gasteiger partial charge < -0.3 is 14.5 Å². The minimum Gasteiger partial charge on any atom is -0.489 e. The molecule has 0 aliphatic heterocycles. The van der Waals surface area contributed by atoms with Gasteiger partial charge in [0, 0.05) is 11.8 Å². The van der Waals surface area contributed by atoms with Crippen molar-refractivity contribution in [3.05, 3.63) is 77.9 Å². The molecule has 6 nitrogen and oxygen atoms in total. The largest absolute Gasteiger partial charge is 0.489 e. The SMILES string of the molecule is N#Cc1cccc(OCc2ccoc2C(=O)Nc2ccccn2)c1. The number of benzene rings is 1. The van der Waals surface area contributed by atoms with Gasteiger partial charge >= 0.3 is 0 Å². The van der Waals surface area contributed by atoms with E-state index >= 15 is 0 Å². The first-order chi connectivity index (χ1) is 11.8. The third-order valence-corrected chi connectivity index (χ3v) is 3.22. The number of carbonyl (C=O) groups excluding carboxylic acids is 1. The number of carbonyl (C=O) groups is 1. The van der Waals surface area contributed by atoms with Crippen LogP contribution in [-0.4, -0.2) is 10.9 Å². The molecule has 3 aromatic rings. The first-order valence-corrected chi connectivity index (χ1v) is 7.18. The lowest BCUT2D eigenvalue weighted by Gasteiger charge is -2.07. The number of ether oxygens (including phenoxy) is 1. The van der Waals surface area contributed by atoms with E-state index in [1.807, 2.05) is 6.07 Å². The summed E-state index contributed by atoms with van der Waals surface area (Å²) < 4.78 is 10.9. The third-order valence-electron chi connectivity index (χ3n) is 3.22. The van der Waals surface area contributed by atoms with Gasteiger partial charge in [-0.15, -0.1) is 0 Å². The molecule has 0 radical (unpaired) electrons. The molecular weight excluding hydrogens is 306 g/mol. The number of hydrogen-bond acceptors (Lipinski definition) is 5. The highest BCUT2D eigenvalue weighted by atomic mass is 16.5. The van der Waals surface area contributed by atoms with E-state index in [0.717, 1.165) is 0 Å². The summed E-state index contributed by atoms with van der Waals surface area (Å²) in [6.07, 6.45) is 3.02. The number of rotatable bonds is 5. The fourth-order valence-corrected chi connectivity index (χ4v) is 2.07. The fraction of sp³-hybridized carbons (Fsp3) is 0.0556. The van der Waals surface area contributed by atoms with Crippen LogP contribution < -0.4 is 10.1 Å². The lowest BCUT2D eigenvalue weighted by atomic mass is 10.2. The molecule has 2 aromatic heterocycles. The van der Waals surface area contributed by atoms with Gasteiger partial charge in [-0.05, 0) is 36.4 Å². The molecule has 0 atom stereocenters. The molecule has 0 spiro atoms. The quantitative estimate of drug-likeness (QED) is 0.779. The second-order valence-corrected chi connectivity index (χ2v) is 4.87. The predicted molar refractivity (Wildman–Crippen MR) is 86.4 cm³/mol. The predicted octanol–water partition coefficient (Wildman–Crippen LogP) is 3.38. The second kappa shape index (κ2) is 7.11. The molecule has 0 saturated carbocycles. The van der Waals surface area contributed by atoms with Crippen molar-refractivity contribution in [2.75, 3.05) is 5.32 Å². The molecule has 0 unspecified atom stereocenters. The lowest BCUT2D eigenvalue weighted by Crippen LogP contribution is -2.14. The van der Waals surface area contributed by atoms with Crippen LogP contribution in [0.1, 0.15) is 21.7 Å². The average Bonchev–Trinajstić information content (AvgIpc) is 3.10. The Labute approximate surface area is 138 Å². The van der Waals surface area contributed by atoms with Crippen LogP contribution in [-0.2, 0) is 6.61 Å². The number of hydrogen-bond donors (Lipinski definition) is 1. The molecule has 0 aliphatic carbocycles. The maximum Gasteiger partial charge on any atom is 0.292 e. The van der Waals surface area contributed by atoms with Crippen molar-refractivity contribution >= 4 is 11.7 Å². The number of anilines is 1. The van der Waals surface area contributed by atoms with Gasteiger partial charge in [-0.1, -0.05) is 12.1 Å². The van der Waals surface area contributed by atoms with E-state index in [9.17, 15) is 4.79 Å². The molecule has 3 rings (SSSR count). The highest BCUT2D eigenvalue weighted by molar-refractivity contribution is 6.02. The van der Waals surface area contributed by atoms with Gasteiger partial charge in [0.1, 0.15) is 18.2 Å². The van der Waals surface area contributed by atoms with E-state index in [4.69, 9.17) is 14.4 Å². The summed E-state index contributed by atoms with van der Waals surface area (Å²) in [6.45, 7) is 0.149. The minimum atomic E-state index is -0.400. The van der Waals surface area contributed by atoms with Gasteiger partial charge in [0.25, 0.3) is 5.91 Å². The average molecular weight is 319 g/mol. The third kappa shape index (κ3) is 3.59. The van der Waals surface area contributed by atoms with Crippen molar-refractivity contribution in [3.8, 4) is 11.8 Å². The molecule has 24 heavy (non-hydrogen) atoms. The first kappa shape index (κ1) is 15.3. The molecule has 6 heteroatoms. The molecule has 118 valence electrons. The first-order valence-electron chi connectivity index (χ1n) is 7.18. The number of furan rings is 1. The summed E-state index contributed by atoms with van der Waals surface area (Å²) >= 11 is 0. The fourth-order valence-electron chi connectivity index (χ4n) is 2.07. The smallest absolute Gasteiger partial charge is 0.292 e. The molecule has 2 heterocycles. The summed E-state index contributed by atoms with van der Waals surface area (Å²) in [5, 5.41) is 11.6. The Hall–Kier alpha value is -3.59. The van der Waals surface area contributed by atoms with E-state index in [1.165, 1.54) is 6.26 Å². The van der Waals surface area contributed by atoms with Crippen LogP contribution in [0.5, 0.6) is 5.75 Å². The highest BCUT2D eigenvalue weighted by Gasteiger charge is 2.16. The van der Waals surface area contributed by atoms with Crippen LogP contribution in [0.15, 0.2) is 65.4 Å². The molecule has 0 aliphatic rings. The van der Waals surface area contributed by atoms with Crippen molar-refractivity contribution in [1.29, 1.82) is 5.26 Å². The van der Waals surface area contributed by atoms with E-state index in [0.29, 0.717) is 22.7 Å². The molecule has 1 amide bonds. The van der Waals surface area contributed by atoms with Crippen LogP contribution >= 0.6 is 0 Å². The van der Waals surface area contributed by atoms with Crippen LogP contribution in [0.4, 0.5) is 5.82 Å². The van der Waals surface area contributed by atoms with E-state index < -0.39 is 5.91 Å². The summed E-state index contributed by atoms with van der Waals surface area (Å²) in [5.41, 5.74) is 1.11. The number of nitrogens with one attached hydrogen (secondary N) is 1. The Bertz CT molecular complexity index is 882. The number of aromatic nitrogens is 1. The van der Waals surface area contributed by atoms with Crippen LogP contribution in [0.2, 0.25) is 0 Å². The Balaban J connectivity index is 1.69. The lowest BCUT2D eigenvalue weighted by molar-refractivity contribution is 0.0993. The molecule has 1 aromatic carbocycles. The van der Waals surface area contributed by atoms with Crippen LogP contribution in [0, 0.1) is 11.3 Å². The summed E-state index contributed by atoms with van der Waals surface area (Å²) in [5.74, 6) is 0.749. The molecular formula is C18H13N3O3. The zero-order valence-corrected chi connectivity index (χ0v) is 12.6. The maximum absolute atomic E-state index is 12.3. The maximum atomic E-state index is 12.3. The summed E-state index contributed by atoms with van der Waals surface area (Å²) in [6, 6.07) is 15.7. The van der Waals surface area contributed by atoms with E-state index in [-0.39, 0.29) is 12.4 Å². The normalized spacial score (nSPS) is 9.96. The number of nitrogens with zero attached hydrogens (tertiary/aromatic N) is 2. The molecule has 0 saturated heterocycles. The number of pyridine rings is 1. The van der Waals surface area contributed by atoms with Gasteiger partial charge in [-0.2, -0.15) is 5.26 Å². The van der Waals surface area contributed by atoms with Crippen LogP contribution in [0.25, 0.3) is 0 Å². The van der Waals surface area contributed by atoms with Crippen molar-refractivity contribution in [1.82, 2.24) is 4.98 Å². The summed E-state index contributed by atoms with van der Waals surface area (Å²) in [4.78, 5) is 16.3. The highest BCUT2D eigenvalue weighted by Crippen LogP contribution is 2.18. The summed E-state index contributed by atoms with van der Waals surface area (Å²) in [7, 11) is 0. The van der Waals surface area contributed by atoms with Gasteiger partial charge in [0.05, 0.1) is 17.9 Å². The van der Waals surface area contributed by atoms with Gasteiger partial charge in [0.15, 0.2) is 5.76 Å². The second-order valence-electron chi connectivity index (χ2n) is 4.87. The molecule has 1 N–H and O–H groups in total. The Morgan fingerprint density at radius 2 is 2.17 bits per heavy atom. The van der Waals surface area contributed by atoms with Crippen molar-refractivity contribution in [2.45, 2.75) is 6.61 Å². The Morgan fingerprint density at radius 1 is 1.25 bits per heavy atom.